The van der Waals surface area contributed by atoms with Crippen molar-refractivity contribution in [3.05, 3.63) is 23.2 Å². The van der Waals surface area contributed by atoms with Gasteiger partial charge in [0.25, 0.3) is 5.91 Å². The number of hydrogen-bond donors (Lipinski definition) is 0. The summed E-state index contributed by atoms with van der Waals surface area (Å²) >= 11 is 0. The summed E-state index contributed by atoms with van der Waals surface area (Å²) in [5.74, 6) is 1.51. The molecule has 0 saturated carbocycles. The van der Waals surface area contributed by atoms with Gasteiger partial charge in [-0.2, -0.15) is 0 Å². The smallest absolute Gasteiger partial charge is 0.257 e. The van der Waals surface area contributed by atoms with E-state index in [2.05, 4.69) is 4.90 Å². The first-order valence-electron chi connectivity index (χ1n) is 9.60. The molecule has 138 valence electrons. The third-order valence-electron chi connectivity index (χ3n) is 5.95. The molecule has 0 radical (unpaired) electrons. The van der Waals surface area contributed by atoms with Gasteiger partial charge >= 0.3 is 0 Å². The molecule has 2 aliphatic heterocycles. The molecule has 1 aromatic heterocycles. The predicted octanol–water partition coefficient (Wildman–Crippen LogP) is 3.54. The monoisotopic (exact) mass is 346 g/mol. The van der Waals surface area contributed by atoms with E-state index in [1.54, 1.807) is 13.2 Å². The number of nitrogens with zero attached hydrogens (tertiary/aromatic N) is 2. The van der Waals surface area contributed by atoms with E-state index in [1.165, 1.54) is 12.8 Å². The molecule has 0 aromatic carbocycles. The van der Waals surface area contributed by atoms with Crippen LogP contribution in [0.4, 0.5) is 0 Å². The maximum atomic E-state index is 12.8. The molecule has 2 fully saturated rings. The molecule has 1 unspecified atom stereocenters. The van der Waals surface area contributed by atoms with Crippen LogP contribution in [0.25, 0.3) is 0 Å². The van der Waals surface area contributed by atoms with Crippen LogP contribution in [0.1, 0.15) is 67.1 Å². The van der Waals surface area contributed by atoms with Crippen molar-refractivity contribution in [2.45, 2.75) is 65.3 Å². The third-order valence-corrected chi connectivity index (χ3v) is 5.95. The Morgan fingerprint density at radius 1 is 1.04 bits per heavy atom. The van der Waals surface area contributed by atoms with Crippen LogP contribution in [0.15, 0.2) is 10.7 Å². The minimum Gasteiger partial charge on any atom is -0.469 e. The lowest BCUT2D eigenvalue weighted by Gasteiger charge is -2.40. The van der Waals surface area contributed by atoms with Gasteiger partial charge in [0, 0.05) is 38.2 Å². The van der Waals surface area contributed by atoms with Gasteiger partial charge in [0.1, 0.15) is 5.76 Å². The van der Waals surface area contributed by atoms with Crippen molar-refractivity contribution >= 4 is 11.8 Å². The number of amides is 2. The molecule has 2 amide bonds. The number of piperidine rings is 1. The second-order valence-electron chi connectivity index (χ2n) is 7.61. The molecule has 0 N–H and O–H groups in total. The maximum Gasteiger partial charge on any atom is 0.257 e. The second kappa shape index (κ2) is 7.63. The summed E-state index contributed by atoms with van der Waals surface area (Å²) < 4.78 is 5.39. The molecule has 1 atom stereocenters. The fourth-order valence-electron chi connectivity index (χ4n) is 4.55. The summed E-state index contributed by atoms with van der Waals surface area (Å²) in [4.78, 5) is 28.9. The molecule has 0 aliphatic carbocycles. The molecule has 5 heteroatoms. The third kappa shape index (κ3) is 3.75. The number of rotatable bonds is 2. The largest absolute Gasteiger partial charge is 0.469 e. The van der Waals surface area contributed by atoms with Crippen LogP contribution in [-0.4, -0.2) is 47.3 Å². The van der Waals surface area contributed by atoms with Crippen molar-refractivity contribution < 1.29 is 14.0 Å². The summed E-state index contributed by atoms with van der Waals surface area (Å²) in [6.07, 6.45) is 8.28. The van der Waals surface area contributed by atoms with Crippen LogP contribution >= 0.6 is 0 Å². The molecular weight excluding hydrogens is 316 g/mol. The van der Waals surface area contributed by atoms with Gasteiger partial charge < -0.3 is 14.2 Å². The second-order valence-corrected chi connectivity index (χ2v) is 7.61. The zero-order chi connectivity index (χ0) is 18.0. The van der Waals surface area contributed by atoms with E-state index in [0.717, 1.165) is 56.4 Å². The predicted molar refractivity (Wildman–Crippen MR) is 96.5 cm³/mol. The molecular formula is C20H30N2O3. The number of carbonyl (C=O) groups is 2. The molecule has 25 heavy (non-hydrogen) atoms. The lowest BCUT2D eigenvalue weighted by atomic mass is 9.86. The Bertz CT molecular complexity index is 609. The van der Waals surface area contributed by atoms with Crippen LogP contribution in [-0.2, 0) is 4.79 Å². The fraction of sp³-hybridized carbons (Fsp3) is 0.700. The first-order valence-corrected chi connectivity index (χ1v) is 9.60. The average molecular weight is 346 g/mol. The van der Waals surface area contributed by atoms with E-state index in [1.807, 2.05) is 18.7 Å². The minimum absolute atomic E-state index is 0.0893. The van der Waals surface area contributed by atoms with Gasteiger partial charge in [-0.15, -0.1) is 0 Å². The van der Waals surface area contributed by atoms with Gasteiger partial charge in [-0.1, -0.05) is 12.8 Å². The highest BCUT2D eigenvalue weighted by Crippen LogP contribution is 2.31. The van der Waals surface area contributed by atoms with E-state index in [4.69, 9.17) is 4.42 Å². The summed E-state index contributed by atoms with van der Waals surface area (Å²) in [5, 5.41) is 0. The number of carbonyl (C=O) groups excluding carboxylic acids is 2. The zero-order valence-corrected chi connectivity index (χ0v) is 15.7. The lowest BCUT2D eigenvalue weighted by molar-refractivity contribution is -0.132. The Morgan fingerprint density at radius 2 is 1.76 bits per heavy atom. The van der Waals surface area contributed by atoms with Crippen LogP contribution in [0.5, 0.6) is 0 Å². The molecule has 2 saturated heterocycles. The Kier molecular flexibility index (Phi) is 5.50. The molecule has 3 rings (SSSR count). The fourth-order valence-corrected chi connectivity index (χ4v) is 4.55. The maximum absolute atomic E-state index is 12.8. The Balaban J connectivity index is 1.64. The summed E-state index contributed by atoms with van der Waals surface area (Å²) in [6, 6.07) is 0.356. The molecule has 2 aliphatic rings. The van der Waals surface area contributed by atoms with Crippen molar-refractivity contribution in [1.29, 1.82) is 0 Å². The van der Waals surface area contributed by atoms with Crippen molar-refractivity contribution in [3.8, 4) is 0 Å². The van der Waals surface area contributed by atoms with Crippen LogP contribution in [0.2, 0.25) is 0 Å². The summed E-state index contributed by atoms with van der Waals surface area (Å²) in [7, 11) is 0. The van der Waals surface area contributed by atoms with Crippen LogP contribution in [0.3, 0.4) is 0 Å². The minimum atomic E-state index is 0.0893. The molecule has 0 spiro atoms. The zero-order valence-electron chi connectivity index (χ0n) is 15.7. The Labute approximate surface area is 150 Å². The molecule has 0 bridgehead atoms. The van der Waals surface area contributed by atoms with Crippen LogP contribution < -0.4 is 0 Å². The van der Waals surface area contributed by atoms with Gasteiger partial charge in [0.2, 0.25) is 5.91 Å². The van der Waals surface area contributed by atoms with Crippen molar-refractivity contribution in [3.63, 3.8) is 0 Å². The van der Waals surface area contributed by atoms with Gasteiger partial charge in [-0.05, 0) is 45.4 Å². The van der Waals surface area contributed by atoms with Crippen molar-refractivity contribution in [2.75, 3.05) is 19.6 Å². The summed E-state index contributed by atoms with van der Waals surface area (Å²) in [5.41, 5.74) is 1.63. The quantitative estimate of drug-likeness (QED) is 0.823. The van der Waals surface area contributed by atoms with Crippen molar-refractivity contribution in [1.82, 2.24) is 9.80 Å². The average Bonchev–Trinajstić information content (AvgIpc) is 2.80. The van der Waals surface area contributed by atoms with Crippen LogP contribution in [0, 0.1) is 19.8 Å². The normalized spacial score (nSPS) is 22.8. The standard InChI is InChI=1S/C20H30N2O3/c1-14-13-25-15(2)19(14)20(24)21-11-8-17(9-12-21)18-7-5-4-6-10-22(18)16(3)23/h13,17-18H,4-12H2,1-3H3. The van der Waals surface area contributed by atoms with Gasteiger partial charge in [-0.25, -0.2) is 0 Å². The number of aryl methyl sites for hydroxylation is 2. The number of hydrogen-bond acceptors (Lipinski definition) is 3. The highest BCUT2D eigenvalue weighted by Gasteiger charge is 2.34. The van der Waals surface area contributed by atoms with E-state index >= 15 is 0 Å². The summed E-state index contributed by atoms with van der Waals surface area (Å²) in [6.45, 7) is 7.91. The Hall–Kier alpha value is -1.78. The number of furan rings is 1. The highest BCUT2D eigenvalue weighted by atomic mass is 16.3. The van der Waals surface area contributed by atoms with E-state index < -0.39 is 0 Å². The highest BCUT2D eigenvalue weighted by molar-refractivity contribution is 5.96. The van der Waals surface area contributed by atoms with Crippen molar-refractivity contribution in [2.24, 2.45) is 5.92 Å². The number of likely N-dealkylation sites (tertiary alicyclic amines) is 2. The van der Waals surface area contributed by atoms with E-state index in [-0.39, 0.29) is 11.8 Å². The van der Waals surface area contributed by atoms with Gasteiger partial charge in [0.05, 0.1) is 11.8 Å². The van der Waals surface area contributed by atoms with Gasteiger partial charge in [0.15, 0.2) is 0 Å². The first kappa shape index (κ1) is 18.0. The van der Waals surface area contributed by atoms with Gasteiger partial charge in [-0.3, -0.25) is 9.59 Å². The van der Waals surface area contributed by atoms with E-state index in [0.29, 0.717) is 17.7 Å². The van der Waals surface area contributed by atoms with E-state index in [9.17, 15) is 9.59 Å². The molecule has 3 heterocycles. The molecule has 1 aromatic rings. The molecule has 5 nitrogen and oxygen atoms in total. The SMILES string of the molecule is CC(=O)N1CCCCCC1C1CCN(C(=O)c2c(C)coc2C)CC1. The topological polar surface area (TPSA) is 53.8 Å². The first-order chi connectivity index (χ1) is 12.0. The lowest BCUT2D eigenvalue weighted by Crippen LogP contribution is -2.48. The Morgan fingerprint density at radius 3 is 2.36 bits per heavy atom.